The number of benzene rings is 3. The number of hydrogen-bond donors (Lipinski definition) is 2. The summed E-state index contributed by atoms with van der Waals surface area (Å²) < 4.78 is 10.9. The van der Waals surface area contributed by atoms with Crippen LogP contribution in [0.2, 0.25) is 0 Å². The lowest BCUT2D eigenvalue weighted by molar-refractivity contribution is -0.110. The monoisotopic (exact) mass is 467 g/mol. The molecule has 2 aliphatic heterocycles. The second kappa shape index (κ2) is 10.1. The van der Waals surface area contributed by atoms with Crippen LogP contribution in [0.5, 0.6) is 11.5 Å². The van der Waals surface area contributed by atoms with Gasteiger partial charge in [0.2, 0.25) is 0 Å². The number of fused-ring (bicyclic) bond motifs is 1. The first-order chi connectivity index (χ1) is 17.2. The summed E-state index contributed by atoms with van der Waals surface area (Å²) in [7, 11) is 3.18. The van der Waals surface area contributed by atoms with E-state index >= 15 is 0 Å². The van der Waals surface area contributed by atoms with Crippen LogP contribution in [0.4, 0.5) is 11.4 Å². The Hall–Kier alpha value is -4.03. The number of anilines is 2. The van der Waals surface area contributed by atoms with E-state index in [4.69, 9.17) is 9.47 Å². The van der Waals surface area contributed by atoms with Crippen LogP contribution in [0, 0.1) is 0 Å². The van der Waals surface area contributed by atoms with Crippen molar-refractivity contribution in [2.45, 2.75) is 13.0 Å². The van der Waals surface area contributed by atoms with Crippen molar-refractivity contribution < 1.29 is 14.3 Å². The van der Waals surface area contributed by atoms with Crippen molar-refractivity contribution in [2.75, 3.05) is 37.9 Å². The summed E-state index contributed by atoms with van der Waals surface area (Å²) in [6.07, 6.45) is 5.58. The third-order valence-electron chi connectivity index (χ3n) is 6.35. The van der Waals surface area contributed by atoms with Crippen LogP contribution in [-0.2, 0) is 11.3 Å². The maximum atomic E-state index is 13.2. The van der Waals surface area contributed by atoms with Crippen molar-refractivity contribution in [3.8, 4) is 11.5 Å². The first-order valence-corrected chi connectivity index (χ1v) is 11.8. The van der Waals surface area contributed by atoms with Crippen LogP contribution in [0.1, 0.15) is 23.1 Å². The Bertz CT molecular complexity index is 1280. The fourth-order valence-electron chi connectivity index (χ4n) is 4.56. The first-order valence-electron chi connectivity index (χ1n) is 11.8. The molecule has 0 atom stereocenters. The molecule has 1 amide bonds. The normalized spacial score (nSPS) is 16.5. The van der Waals surface area contributed by atoms with Gasteiger partial charge in [0, 0.05) is 37.0 Å². The lowest BCUT2D eigenvalue weighted by atomic mass is 9.99. The zero-order chi connectivity index (χ0) is 24.2. The molecule has 3 aromatic rings. The second-order valence-electron chi connectivity index (χ2n) is 8.64. The average molecular weight is 468 g/mol. The number of carbonyl (C=O) groups excluding carboxylic acids is 1. The molecule has 0 unspecified atom stereocenters. The molecule has 0 saturated heterocycles. The highest BCUT2D eigenvalue weighted by molar-refractivity contribution is 6.37. The van der Waals surface area contributed by atoms with Gasteiger partial charge in [0.15, 0.2) is 11.5 Å². The molecule has 0 fully saturated rings. The summed E-state index contributed by atoms with van der Waals surface area (Å²) >= 11 is 0. The Morgan fingerprint density at radius 1 is 0.971 bits per heavy atom. The van der Waals surface area contributed by atoms with Gasteiger partial charge in [-0.15, -0.1) is 0 Å². The highest BCUT2D eigenvalue weighted by atomic mass is 16.5. The van der Waals surface area contributed by atoms with Gasteiger partial charge in [-0.3, -0.25) is 9.69 Å². The number of methoxy groups -OCH3 is 2. The van der Waals surface area contributed by atoms with Crippen molar-refractivity contribution in [3.63, 3.8) is 0 Å². The Labute approximate surface area is 205 Å². The fourth-order valence-corrected chi connectivity index (χ4v) is 4.56. The van der Waals surface area contributed by atoms with Crippen LogP contribution >= 0.6 is 0 Å². The first kappa shape index (κ1) is 22.7. The number of hydrogen-bond acceptors (Lipinski definition) is 5. The standard InChI is InChI=1S/C29H29N3O3/c1-34-25-17-23-24(18-26(25)35-2)31-29(33)27(23)28(21-9-5-3-6-10-21)30-22-13-11-20(12-14-22)19-32-15-7-4-8-16-32/h3-7,9-14,17-18,30H,8,15-16,19H2,1-2H3,(H,31,33). The molecule has 2 aliphatic rings. The van der Waals surface area contributed by atoms with Gasteiger partial charge >= 0.3 is 0 Å². The second-order valence-corrected chi connectivity index (χ2v) is 8.64. The van der Waals surface area contributed by atoms with Gasteiger partial charge in [-0.25, -0.2) is 0 Å². The summed E-state index contributed by atoms with van der Waals surface area (Å²) in [5.74, 6) is 0.975. The third kappa shape index (κ3) is 4.79. The molecule has 178 valence electrons. The largest absolute Gasteiger partial charge is 0.493 e. The smallest absolute Gasteiger partial charge is 0.258 e. The van der Waals surface area contributed by atoms with Crippen molar-refractivity contribution in [1.29, 1.82) is 0 Å². The van der Waals surface area contributed by atoms with Crippen LogP contribution in [0.3, 0.4) is 0 Å². The van der Waals surface area contributed by atoms with E-state index in [2.05, 4.69) is 52.0 Å². The Morgan fingerprint density at radius 3 is 2.40 bits per heavy atom. The molecule has 0 aliphatic carbocycles. The van der Waals surface area contributed by atoms with E-state index in [1.807, 2.05) is 36.4 Å². The zero-order valence-electron chi connectivity index (χ0n) is 20.0. The van der Waals surface area contributed by atoms with Gasteiger partial charge in [0.05, 0.1) is 31.2 Å². The maximum absolute atomic E-state index is 13.2. The van der Waals surface area contributed by atoms with E-state index in [9.17, 15) is 4.79 Å². The van der Waals surface area contributed by atoms with Crippen molar-refractivity contribution in [2.24, 2.45) is 0 Å². The molecule has 3 aromatic carbocycles. The quantitative estimate of drug-likeness (QED) is 0.360. The third-order valence-corrected chi connectivity index (χ3v) is 6.35. The Kier molecular flexibility index (Phi) is 6.55. The number of nitrogens with one attached hydrogen (secondary N) is 2. The number of nitrogens with zero attached hydrogens (tertiary/aromatic N) is 1. The van der Waals surface area contributed by atoms with E-state index in [0.29, 0.717) is 22.8 Å². The lowest BCUT2D eigenvalue weighted by Crippen LogP contribution is -2.26. The minimum Gasteiger partial charge on any atom is -0.493 e. The molecule has 2 N–H and O–H groups in total. The van der Waals surface area contributed by atoms with E-state index < -0.39 is 0 Å². The summed E-state index contributed by atoms with van der Waals surface area (Å²) in [5.41, 5.74) is 5.88. The number of rotatable bonds is 7. The summed E-state index contributed by atoms with van der Waals surface area (Å²) in [5, 5.41) is 6.51. The number of ether oxygens (including phenoxy) is 2. The van der Waals surface area contributed by atoms with Gasteiger partial charge in [0.1, 0.15) is 0 Å². The van der Waals surface area contributed by atoms with Crippen LogP contribution in [0.25, 0.3) is 11.3 Å². The Morgan fingerprint density at radius 2 is 1.71 bits per heavy atom. The molecule has 0 saturated carbocycles. The van der Waals surface area contributed by atoms with Crippen LogP contribution < -0.4 is 20.1 Å². The van der Waals surface area contributed by atoms with Crippen molar-refractivity contribution >= 4 is 28.6 Å². The topological polar surface area (TPSA) is 62.8 Å². The van der Waals surface area contributed by atoms with Gasteiger partial charge in [-0.2, -0.15) is 0 Å². The molecule has 6 heteroatoms. The summed E-state index contributed by atoms with van der Waals surface area (Å²) in [6.45, 7) is 3.01. The SMILES string of the molecule is COc1cc2c(cc1OC)C(=C(Nc1ccc(CN3CC=CCC3)cc1)c1ccccc1)C(=O)N2. The van der Waals surface area contributed by atoms with Gasteiger partial charge in [-0.05, 0) is 35.7 Å². The van der Waals surface area contributed by atoms with E-state index in [1.54, 1.807) is 20.3 Å². The van der Waals surface area contributed by atoms with Gasteiger partial charge < -0.3 is 20.1 Å². The minimum atomic E-state index is -0.170. The molecule has 0 aromatic heterocycles. The molecular weight excluding hydrogens is 438 g/mol. The highest BCUT2D eigenvalue weighted by Crippen LogP contribution is 2.43. The molecule has 6 nitrogen and oxygen atoms in total. The zero-order valence-corrected chi connectivity index (χ0v) is 20.0. The van der Waals surface area contributed by atoms with Gasteiger partial charge in [0.25, 0.3) is 5.91 Å². The highest BCUT2D eigenvalue weighted by Gasteiger charge is 2.30. The predicted octanol–water partition coefficient (Wildman–Crippen LogP) is 5.40. The van der Waals surface area contributed by atoms with Crippen molar-refractivity contribution in [1.82, 2.24) is 4.90 Å². The molecule has 0 spiro atoms. The van der Waals surface area contributed by atoms with E-state index in [1.165, 1.54) is 5.56 Å². The molecule has 35 heavy (non-hydrogen) atoms. The average Bonchev–Trinajstić information content (AvgIpc) is 3.22. The summed E-state index contributed by atoms with van der Waals surface area (Å²) in [4.78, 5) is 15.6. The van der Waals surface area contributed by atoms with Crippen LogP contribution in [0.15, 0.2) is 78.9 Å². The molecule has 0 radical (unpaired) electrons. The minimum absolute atomic E-state index is 0.170. The number of amides is 1. The molecule has 0 bridgehead atoms. The molecular formula is C29H29N3O3. The predicted molar refractivity (Wildman–Crippen MR) is 141 cm³/mol. The fraction of sp³-hybridized carbons (Fsp3) is 0.207. The van der Waals surface area contributed by atoms with Crippen LogP contribution in [-0.4, -0.2) is 38.1 Å². The maximum Gasteiger partial charge on any atom is 0.258 e. The van der Waals surface area contributed by atoms with Crippen molar-refractivity contribution in [3.05, 3.63) is 95.6 Å². The Balaban J connectivity index is 1.51. The molecule has 5 rings (SSSR count). The van der Waals surface area contributed by atoms with E-state index in [-0.39, 0.29) is 5.91 Å². The van der Waals surface area contributed by atoms with E-state index in [0.717, 1.165) is 48.6 Å². The molecule has 2 heterocycles. The van der Waals surface area contributed by atoms with Gasteiger partial charge in [-0.1, -0.05) is 54.6 Å². The number of carbonyl (C=O) groups is 1. The summed E-state index contributed by atoms with van der Waals surface area (Å²) in [6, 6.07) is 22.0. The lowest BCUT2D eigenvalue weighted by Gasteiger charge is -2.23.